The Bertz CT molecular complexity index is 663. The van der Waals surface area contributed by atoms with Crippen LogP contribution in [0.15, 0.2) is 29.4 Å². The summed E-state index contributed by atoms with van der Waals surface area (Å²) in [5, 5.41) is 0.240. The molecule has 0 radical (unpaired) electrons. The second kappa shape index (κ2) is 5.38. The number of halogens is 2. The summed E-state index contributed by atoms with van der Waals surface area (Å²) in [6.07, 6.45) is 3.11. The fourth-order valence-electron chi connectivity index (χ4n) is 1.49. The van der Waals surface area contributed by atoms with Crippen LogP contribution in [0.1, 0.15) is 5.82 Å². The molecule has 1 aromatic heterocycles. The summed E-state index contributed by atoms with van der Waals surface area (Å²) in [6, 6.07) is 2.65. The first kappa shape index (κ1) is 14.1. The Morgan fingerprint density at radius 3 is 2.68 bits per heavy atom. The summed E-state index contributed by atoms with van der Waals surface area (Å²) in [4.78, 5) is 6.49. The van der Waals surface area contributed by atoms with E-state index in [0.717, 1.165) is 0 Å². The van der Waals surface area contributed by atoms with Gasteiger partial charge in [0, 0.05) is 17.4 Å². The van der Waals surface area contributed by atoms with Crippen molar-refractivity contribution in [1.82, 2.24) is 14.7 Å². The van der Waals surface area contributed by atoms with E-state index in [9.17, 15) is 8.42 Å². The number of imidazole rings is 1. The van der Waals surface area contributed by atoms with Gasteiger partial charge >= 0.3 is 0 Å². The summed E-state index contributed by atoms with van der Waals surface area (Å²) in [7, 11) is -3.84. The lowest BCUT2D eigenvalue weighted by atomic mass is 10.3. The van der Waals surface area contributed by atoms with Crippen molar-refractivity contribution in [2.24, 2.45) is 0 Å². The first-order valence-corrected chi connectivity index (χ1v) is 7.36. The largest absolute Gasteiger partial charge is 0.398 e. The van der Waals surface area contributed by atoms with Crippen LogP contribution in [0.5, 0.6) is 0 Å². The third-order valence-corrected chi connectivity index (χ3v) is 4.44. The molecule has 0 spiro atoms. The van der Waals surface area contributed by atoms with Crippen LogP contribution in [-0.4, -0.2) is 18.4 Å². The molecule has 0 aliphatic rings. The maximum atomic E-state index is 12.1. The number of H-pyrrole nitrogens is 1. The Morgan fingerprint density at radius 2 is 2.11 bits per heavy atom. The first-order chi connectivity index (χ1) is 8.90. The molecule has 1 heterocycles. The van der Waals surface area contributed by atoms with Crippen LogP contribution in [0.2, 0.25) is 10.0 Å². The standard InChI is InChI=1S/C10H10Cl2N4O2S/c11-6-3-7(12)10(8(13)4-6)19(17,18)16-5-9-14-1-2-15-9/h1-4,16H,5,13H2,(H,14,15). The van der Waals surface area contributed by atoms with Crippen molar-refractivity contribution in [3.05, 3.63) is 40.4 Å². The third-order valence-electron chi connectivity index (χ3n) is 2.29. The highest BCUT2D eigenvalue weighted by Crippen LogP contribution is 2.30. The van der Waals surface area contributed by atoms with Crippen LogP contribution < -0.4 is 10.5 Å². The molecule has 9 heteroatoms. The predicted molar refractivity (Wildman–Crippen MR) is 73.5 cm³/mol. The summed E-state index contributed by atoms with van der Waals surface area (Å²) < 4.78 is 26.6. The molecular formula is C10H10Cl2N4O2S. The van der Waals surface area contributed by atoms with Crippen molar-refractivity contribution < 1.29 is 8.42 Å². The van der Waals surface area contributed by atoms with Crippen molar-refractivity contribution in [3.8, 4) is 0 Å². The fraction of sp³-hybridized carbons (Fsp3) is 0.100. The number of anilines is 1. The lowest BCUT2D eigenvalue weighted by Crippen LogP contribution is -2.25. The van der Waals surface area contributed by atoms with Gasteiger partial charge in [-0.05, 0) is 12.1 Å². The van der Waals surface area contributed by atoms with Gasteiger partial charge in [0.15, 0.2) is 0 Å². The number of benzene rings is 1. The van der Waals surface area contributed by atoms with Gasteiger partial charge in [0.05, 0.1) is 17.3 Å². The highest BCUT2D eigenvalue weighted by atomic mass is 35.5. The number of aromatic amines is 1. The van der Waals surface area contributed by atoms with Crippen LogP contribution in [0, 0.1) is 0 Å². The van der Waals surface area contributed by atoms with E-state index in [0.29, 0.717) is 5.82 Å². The molecular weight excluding hydrogens is 311 g/mol. The number of nitrogen functional groups attached to an aromatic ring is 1. The maximum Gasteiger partial charge on any atom is 0.244 e. The number of nitrogens with zero attached hydrogens (tertiary/aromatic N) is 1. The van der Waals surface area contributed by atoms with Gasteiger partial charge < -0.3 is 10.7 Å². The second-order valence-electron chi connectivity index (χ2n) is 3.67. The molecule has 0 aliphatic carbocycles. The van der Waals surface area contributed by atoms with E-state index in [1.807, 2.05) is 0 Å². The van der Waals surface area contributed by atoms with Crippen LogP contribution in [0.25, 0.3) is 0 Å². The van der Waals surface area contributed by atoms with Crippen molar-refractivity contribution in [2.75, 3.05) is 5.73 Å². The average molecular weight is 321 g/mol. The molecule has 1 aromatic carbocycles. The van der Waals surface area contributed by atoms with E-state index in [2.05, 4.69) is 14.7 Å². The highest BCUT2D eigenvalue weighted by Gasteiger charge is 2.22. The molecule has 2 rings (SSSR count). The highest BCUT2D eigenvalue weighted by molar-refractivity contribution is 7.89. The van der Waals surface area contributed by atoms with E-state index in [1.165, 1.54) is 18.3 Å². The smallest absolute Gasteiger partial charge is 0.244 e. The van der Waals surface area contributed by atoms with Gasteiger partial charge in [0.25, 0.3) is 0 Å². The predicted octanol–water partition coefficient (Wildman–Crippen LogP) is 1.78. The number of nitrogens with two attached hydrogens (primary N) is 1. The summed E-state index contributed by atoms with van der Waals surface area (Å²) >= 11 is 11.6. The van der Waals surface area contributed by atoms with E-state index in [4.69, 9.17) is 28.9 Å². The van der Waals surface area contributed by atoms with Crippen LogP contribution in [-0.2, 0) is 16.6 Å². The Balaban J connectivity index is 2.29. The molecule has 0 saturated heterocycles. The molecule has 0 fully saturated rings. The molecule has 2 aromatic rings. The van der Waals surface area contributed by atoms with Crippen LogP contribution >= 0.6 is 23.2 Å². The maximum absolute atomic E-state index is 12.1. The molecule has 4 N–H and O–H groups in total. The number of nitrogens with one attached hydrogen (secondary N) is 2. The molecule has 0 atom stereocenters. The van der Waals surface area contributed by atoms with Gasteiger partial charge in [-0.15, -0.1) is 0 Å². The molecule has 0 saturated carbocycles. The Hall–Kier alpha value is -1.28. The van der Waals surface area contributed by atoms with Gasteiger partial charge in [-0.3, -0.25) is 0 Å². The molecule has 0 aliphatic heterocycles. The lowest BCUT2D eigenvalue weighted by molar-refractivity contribution is 0.580. The molecule has 6 nitrogen and oxygen atoms in total. The van der Waals surface area contributed by atoms with Gasteiger partial charge in [0.1, 0.15) is 10.7 Å². The SMILES string of the molecule is Nc1cc(Cl)cc(Cl)c1S(=O)(=O)NCc1ncc[nH]1. The number of aromatic nitrogens is 2. The molecule has 0 amide bonds. The van der Waals surface area contributed by atoms with Gasteiger partial charge in [0.2, 0.25) is 10.0 Å². The number of rotatable bonds is 4. The minimum absolute atomic E-state index is 0.00767. The Labute approximate surface area is 120 Å². The second-order valence-corrected chi connectivity index (χ2v) is 6.21. The minimum Gasteiger partial charge on any atom is -0.398 e. The molecule has 19 heavy (non-hydrogen) atoms. The molecule has 0 unspecified atom stereocenters. The lowest BCUT2D eigenvalue weighted by Gasteiger charge is -2.10. The van der Waals surface area contributed by atoms with E-state index < -0.39 is 10.0 Å². The Kier molecular flexibility index (Phi) is 4.00. The normalized spacial score (nSPS) is 11.7. The van der Waals surface area contributed by atoms with Gasteiger partial charge in [-0.25, -0.2) is 18.1 Å². The molecule has 0 bridgehead atoms. The van der Waals surface area contributed by atoms with Gasteiger partial charge in [-0.2, -0.15) is 0 Å². The topological polar surface area (TPSA) is 101 Å². The van der Waals surface area contributed by atoms with Crippen molar-refractivity contribution >= 4 is 38.9 Å². The summed E-state index contributed by atoms with van der Waals surface area (Å²) in [6.45, 7) is 0.00767. The quantitative estimate of drug-likeness (QED) is 0.747. The molecule has 102 valence electrons. The number of sulfonamides is 1. The van der Waals surface area contributed by atoms with Crippen LogP contribution in [0.4, 0.5) is 5.69 Å². The summed E-state index contributed by atoms with van der Waals surface area (Å²) in [5.74, 6) is 0.479. The first-order valence-electron chi connectivity index (χ1n) is 5.12. The summed E-state index contributed by atoms with van der Waals surface area (Å²) in [5.41, 5.74) is 5.64. The van der Waals surface area contributed by atoms with Crippen LogP contribution in [0.3, 0.4) is 0 Å². The average Bonchev–Trinajstić information content (AvgIpc) is 2.77. The monoisotopic (exact) mass is 320 g/mol. The zero-order chi connectivity index (χ0) is 14.0. The van der Waals surface area contributed by atoms with Crippen molar-refractivity contribution in [2.45, 2.75) is 11.4 Å². The number of hydrogen-bond donors (Lipinski definition) is 3. The third kappa shape index (κ3) is 3.19. The Morgan fingerprint density at radius 1 is 1.37 bits per heavy atom. The van der Waals surface area contributed by atoms with Crippen molar-refractivity contribution in [3.63, 3.8) is 0 Å². The van der Waals surface area contributed by atoms with E-state index in [1.54, 1.807) is 6.20 Å². The van der Waals surface area contributed by atoms with Gasteiger partial charge in [-0.1, -0.05) is 23.2 Å². The zero-order valence-corrected chi connectivity index (χ0v) is 11.9. The van der Waals surface area contributed by atoms with E-state index in [-0.39, 0.29) is 27.2 Å². The fourth-order valence-corrected chi connectivity index (χ4v) is 3.46. The van der Waals surface area contributed by atoms with E-state index >= 15 is 0 Å². The number of hydrogen-bond acceptors (Lipinski definition) is 4. The zero-order valence-electron chi connectivity index (χ0n) is 9.52. The minimum atomic E-state index is -3.84. The van der Waals surface area contributed by atoms with Crippen molar-refractivity contribution in [1.29, 1.82) is 0 Å².